The Bertz CT molecular complexity index is 1070. The highest BCUT2D eigenvalue weighted by molar-refractivity contribution is 5.69. The van der Waals surface area contributed by atoms with Gasteiger partial charge in [-0.2, -0.15) is 0 Å². The van der Waals surface area contributed by atoms with Gasteiger partial charge in [-0.1, -0.05) is 12.1 Å². The van der Waals surface area contributed by atoms with Gasteiger partial charge in [0.1, 0.15) is 0 Å². The molecule has 6 heteroatoms. The highest BCUT2D eigenvalue weighted by Crippen LogP contribution is 2.26. The average Bonchev–Trinajstić information content (AvgIpc) is 3.27. The van der Waals surface area contributed by atoms with E-state index in [-0.39, 0.29) is 0 Å². The Morgan fingerprint density at radius 2 is 1.62 bits per heavy atom. The Hall–Kier alpha value is -3.54. The van der Waals surface area contributed by atoms with Crippen LogP contribution in [0.5, 0.6) is 0 Å². The fraction of sp³-hybridized carbons (Fsp3) is 0.217. The minimum absolute atomic E-state index is 0.637. The molecule has 0 radical (unpaired) electrons. The lowest BCUT2D eigenvalue weighted by Crippen LogP contribution is -2.09. The molecule has 1 N–H and O–H groups in total. The van der Waals surface area contributed by atoms with Crippen molar-refractivity contribution in [2.24, 2.45) is 0 Å². The first-order valence-corrected chi connectivity index (χ1v) is 9.76. The van der Waals surface area contributed by atoms with Crippen LogP contribution < -0.4 is 5.32 Å². The number of imidazole rings is 1. The van der Waals surface area contributed by atoms with E-state index in [2.05, 4.69) is 51.9 Å². The zero-order valence-corrected chi connectivity index (χ0v) is 16.7. The Balaban J connectivity index is 1.60. The van der Waals surface area contributed by atoms with Gasteiger partial charge in [0.05, 0.1) is 17.7 Å². The molecule has 3 aromatic heterocycles. The van der Waals surface area contributed by atoms with Gasteiger partial charge in [0.2, 0.25) is 5.95 Å². The van der Waals surface area contributed by atoms with Crippen LogP contribution in [-0.4, -0.2) is 31.0 Å². The van der Waals surface area contributed by atoms with Crippen LogP contribution in [-0.2, 0) is 6.54 Å². The normalized spacial score (nSPS) is 10.8. The monoisotopic (exact) mass is 384 g/mol. The molecule has 0 saturated carbocycles. The van der Waals surface area contributed by atoms with Crippen LogP contribution in [0.3, 0.4) is 0 Å². The lowest BCUT2D eigenvalue weighted by Gasteiger charge is -2.11. The van der Waals surface area contributed by atoms with Crippen molar-refractivity contribution in [3.63, 3.8) is 0 Å². The molecule has 0 aliphatic carbocycles. The van der Waals surface area contributed by atoms with Crippen LogP contribution in [0.25, 0.3) is 22.5 Å². The molecule has 0 bridgehead atoms. The van der Waals surface area contributed by atoms with Crippen molar-refractivity contribution in [1.29, 1.82) is 0 Å². The number of anilines is 1. The molecule has 4 aromatic rings. The van der Waals surface area contributed by atoms with Gasteiger partial charge in [0, 0.05) is 49.0 Å². The van der Waals surface area contributed by atoms with Gasteiger partial charge in [-0.25, -0.2) is 15.0 Å². The van der Waals surface area contributed by atoms with E-state index in [1.807, 2.05) is 30.7 Å². The summed E-state index contributed by atoms with van der Waals surface area (Å²) in [5.74, 6) is 0.637. The van der Waals surface area contributed by atoms with Crippen LogP contribution in [0.2, 0.25) is 0 Å². The van der Waals surface area contributed by atoms with Gasteiger partial charge in [-0.05, 0) is 55.7 Å². The molecule has 146 valence electrons. The maximum atomic E-state index is 4.78. The van der Waals surface area contributed by atoms with Crippen LogP contribution >= 0.6 is 0 Å². The first kappa shape index (κ1) is 18.8. The summed E-state index contributed by atoms with van der Waals surface area (Å²) in [6.45, 7) is 5.93. The Labute approximate surface area is 170 Å². The molecule has 0 fully saturated rings. The molecular formula is C23H24N6. The Kier molecular flexibility index (Phi) is 5.61. The molecular weight excluding hydrogens is 360 g/mol. The second-order valence-corrected chi connectivity index (χ2v) is 7.08. The first-order valence-electron chi connectivity index (χ1n) is 9.76. The average molecular weight is 384 g/mol. The number of aromatic nitrogens is 5. The zero-order chi connectivity index (χ0) is 20.1. The van der Waals surface area contributed by atoms with Crippen LogP contribution in [0.4, 0.5) is 5.95 Å². The van der Waals surface area contributed by atoms with Crippen molar-refractivity contribution in [2.75, 3.05) is 11.9 Å². The molecule has 0 unspecified atom stereocenters. The van der Waals surface area contributed by atoms with Crippen molar-refractivity contribution >= 4 is 5.95 Å². The number of aryl methyl sites for hydroxylation is 3. The van der Waals surface area contributed by atoms with Crippen molar-refractivity contribution in [2.45, 2.75) is 26.8 Å². The van der Waals surface area contributed by atoms with E-state index in [0.717, 1.165) is 42.0 Å². The lowest BCUT2D eigenvalue weighted by molar-refractivity contribution is 0.659. The van der Waals surface area contributed by atoms with E-state index in [4.69, 9.17) is 9.97 Å². The molecule has 0 amide bonds. The minimum atomic E-state index is 0.637. The summed E-state index contributed by atoms with van der Waals surface area (Å²) in [4.78, 5) is 17.7. The van der Waals surface area contributed by atoms with Crippen molar-refractivity contribution < 1.29 is 0 Å². The SMILES string of the molecule is Cc1ccc(-c2cc(-c3ccncc3)nc(NCCCn3ccnc3)n2)cc1C. The van der Waals surface area contributed by atoms with Gasteiger partial charge in [-0.15, -0.1) is 0 Å². The highest BCUT2D eigenvalue weighted by Gasteiger charge is 2.09. The van der Waals surface area contributed by atoms with Crippen molar-refractivity contribution in [3.8, 4) is 22.5 Å². The molecule has 0 saturated heterocycles. The maximum Gasteiger partial charge on any atom is 0.223 e. The molecule has 4 rings (SSSR count). The second-order valence-electron chi connectivity index (χ2n) is 7.08. The standard InChI is InChI=1S/C23H24N6/c1-17-4-5-20(14-18(17)2)22-15-21(19-6-9-24-10-7-19)27-23(28-22)26-8-3-12-29-13-11-25-16-29/h4-7,9-11,13-16H,3,8,12H2,1-2H3,(H,26,27,28). The molecule has 0 spiro atoms. The van der Waals surface area contributed by atoms with Gasteiger partial charge in [0.25, 0.3) is 0 Å². The second kappa shape index (κ2) is 8.65. The summed E-state index contributed by atoms with van der Waals surface area (Å²) < 4.78 is 2.07. The van der Waals surface area contributed by atoms with Gasteiger partial charge >= 0.3 is 0 Å². The third kappa shape index (κ3) is 4.66. The number of nitrogens with zero attached hydrogens (tertiary/aromatic N) is 5. The quantitative estimate of drug-likeness (QED) is 0.475. The third-order valence-electron chi connectivity index (χ3n) is 4.94. The van der Waals surface area contributed by atoms with E-state index in [9.17, 15) is 0 Å². The molecule has 6 nitrogen and oxygen atoms in total. The van der Waals surface area contributed by atoms with Crippen LogP contribution in [0.1, 0.15) is 17.5 Å². The predicted molar refractivity (Wildman–Crippen MR) is 116 cm³/mol. The number of pyridine rings is 1. The molecule has 3 heterocycles. The van der Waals surface area contributed by atoms with E-state index in [0.29, 0.717) is 5.95 Å². The smallest absolute Gasteiger partial charge is 0.223 e. The molecule has 0 atom stereocenters. The number of hydrogen-bond acceptors (Lipinski definition) is 5. The maximum absolute atomic E-state index is 4.78. The topological polar surface area (TPSA) is 68.5 Å². The minimum Gasteiger partial charge on any atom is -0.354 e. The summed E-state index contributed by atoms with van der Waals surface area (Å²) in [6, 6.07) is 12.4. The number of hydrogen-bond donors (Lipinski definition) is 1. The number of nitrogens with one attached hydrogen (secondary N) is 1. The van der Waals surface area contributed by atoms with Gasteiger partial charge < -0.3 is 9.88 Å². The fourth-order valence-electron chi connectivity index (χ4n) is 3.13. The number of benzene rings is 1. The van der Waals surface area contributed by atoms with E-state index < -0.39 is 0 Å². The largest absolute Gasteiger partial charge is 0.354 e. The summed E-state index contributed by atoms with van der Waals surface area (Å²) in [6.07, 6.45) is 10.1. The van der Waals surface area contributed by atoms with Crippen LogP contribution in [0, 0.1) is 13.8 Å². The lowest BCUT2D eigenvalue weighted by atomic mass is 10.0. The molecule has 0 aliphatic rings. The van der Waals surface area contributed by atoms with E-state index >= 15 is 0 Å². The summed E-state index contributed by atoms with van der Waals surface area (Å²) in [5, 5.41) is 3.38. The number of rotatable bonds is 7. The third-order valence-corrected chi connectivity index (χ3v) is 4.94. The van der Waals surface area contributed by atoms with E-state index in [1.54, 1.807) is 18.6 Å². The molecule has 0 aliphatic heterocycles. The summed E-state index contributed by atoms with van der Waals surface area (Å²) >= 11 is 0. The molecule has 1 aromatic carbocycles. The zero-order valence-electron chi connectivity index (χ0n) is 16.7. The summed E-state index contributed by atoms with van der Waals surface area (Å²) in [5.41, 5.74) is 6.43. The predicted octanol–water partition coefficient (Wildman–Crippen LogP) is 4.52. The van der Waals surface area contributed by atoms with Crippen molar-refractivity contribution in [1.82, 2.24) is 24.5 Å². The van der Waals surface area contributed by atoms with E-state index in [1.165, 1.54) is 11.1 Å². The van der Waals surface area contributed by atoms with Crippen LogP contribution in [0.15, 0.2) is 67.5 Å². The Morgan fingerprint density at radius 1 is 0.828 bits per heavy atom. The van der Waals surface area contributed by atoms with Crippen molar-refractivity contribution in [3.05, 3.63) is 78.6 Å². The molecule has 29 heavy (non-hydrogen) atoms. The first-order chi connectivity index (χ1) is 14.2. The Morgan fingerprint density at radius 3 is 2.34 bits per heavy atom. The highest BCUT2D eigenvalue weighted by atomic mass is 15.1. The fourth-order valence-corrected chi connectivity index (χ4v) is 3.13. The summed E-state index contributed by atoms with van der Waals surface area (Å²) in [7, 11) is 0. The van der Waals surface area contributed by atoms with Gasteiger partial charge in [-0.3, -0.25) is 4.98 Å². The van der Waals surface area contributed by atoms with Gasteiger partial charge in [0.15, 0.2) is 0 Å².